The Labute approximate surface area is 170 Å². The van der Waals surface area contributed by atoms with E-state index in [-0.39, 0.29) is 30.4 Å². The van der Waals surface area contributed by atoms with Gasteiger partial charge in [-0.2, -0.15) is 0 Å². The van der Waals surface area contributed by atoms with Gasteiger partial charge in [0.05, 0.1) is 29.2 Å². The molecule has 6 heteroatoms. The first-order valence-electron chi connectivity index (χ1n) is 9.53. The van der Waals surface area contributed by atoms with Gasteiger partial charge in [0.25, 0.3) is 5.91 Å². The Kier molecular flexibility index (Phi) is 6.70. The number of hydrogen-bond acceptors (Lipinski definition) is 3. The number of amides is 2. The molecule has 5 nitrogen and oxygen atoms in total. The number of piperidine rings is 1. The van der Waals surface area contributed by atoms with E-state index in [0.717, 1.165) is 5.56 Å². The molecule has 0 unspecified atom stereocenters. The minimum absolute atomic E-state index is 0.0213. The van der Waals surface area contributed by atoms with Gasteiger partial charge in [-0.3, -0.25) is 9.59 Å². The van der Waals surface area contributed by atoms with Gasteiger partial charge in [-0.15, -0.1) is 0 Å². The molecule has 2 N–H and O–H groups in total. The van der Waals surface area contributed by atoms with E-state index in [1.807, 2.05) is 37.3 Å². The van der Waals surface area contributed by atoms with Crippen LogP contribution in [0.2, 0.25) is 5.02 Å². The zero-order chi connectivity index (χ0) is 20.1. The summed E-state index contributed by atoms with van der Waals surface area (Å²) in [5.41, 5.74) is 1.24. The average molecular weight is 401 g/mol. The first kappa shape index (κ1) is 20.4. The zero-order valence-corrected chi connectivity index (χ0v) is 16.6. The first-order valence-corrected chi connectivity index (χ1v) is 9.91. The van der Waals surface area contributed by atoms with Crippen LogP contribution < -0.4 is 5.32 Å². The second-order valence-corrected chi connectivity index (χ2v) is 7.64. The summed E-state index contributed by atoms with van der Waals surface area (Å²) in [5, 5.41) is 13.1. The molecule has 3 atom stereocenters. The molecule has 0 aliphatic carbocycles. The summed E-state index contributed by atoms with van der Waals surface area (Å²) in [6.07, 6.45) is 0.954. The quantitative estimate of drug-likeness (QED) is 0.806. The molecule has 1 fully saturated rings. The number of aliphatic hydroxyl groups excluding tert-OH is 1. The highest BCUT2D eigenvalue weighted by atomic mass is 35.5. The number of likely N-dealkylation sites (tertiary alicyclic amines) is 1. The van der Waals surface area contributed by atoms with Crippen LogP contribution in [0.1, 0.15) is 48.1 Å². The molecule has 2 aromatic carbocycles. The van der Waals surface area contributed by atoms with Crippen molar-refractivity contribution in [2.45, 2.75) is 44.4 Å². The van der Waals surface area contributed by atoms with Crippen molar-refractivity contribution >= 4 is 23.4 Å². The number of nitrogens with zero attached hydrogens (tertiary/aromatic N) is 1. The lowest BCUT2D eigenvalue weighted by Gasteiger charge is -2.36. The van der Waals surface area contributed by atoms with Gasteiger partial charge >= 0.3 is 0 Å². The zero-order valence-electron chi connectivity index (χ0n) is 15.8. The molecule has 3 rings (SSSR count). The van der Waals surface area contributed by atoms with Gasteiger partial charge in [-0.05, 0) is 37.5 Å². The Morgan fingerprint density at radius 3 is 2.54 bits per heavy atom. The van der Waals surface area contributed by atoms with E-state index in [0.29, 0.717) is 30.0 Å². The predicted molar refractivity (Wildman–Crippen MR) is 109 cm³/mol. The lowest BCUT2D eigenvalue weighted by Crippen LogP contribution is -2.47. The normalized spacial score (nSPS) is 20.5. The monoisotopic (exact) mass is 400 g/mol. The highest BCUT2D eigenvalue weighted by Crippen LogP contribution is 2.24. The predicted octanol–water partition coefficient (Wildman–Crippen LogP) is 3.57. The summed E-state index contributed by atoms with van der Waals surface area (Å²) < 4.78 is 0. The fraction of sp³-hybridized carbons (Fsp3) is 0.364. The maximum Gasteiger partial charge on any atom is 0.253 e. The summed E-state index contributed by atoms with van der Waals surface area (Å²) in [4.78, 5) is 27.5. The van der Waals surface area contributed by atoms with Crippen LogP contribution in [-0.4, -0.2) is 40.5 Å². The van der Waals surface area contributed by atoms with Crippen molar-refractivity contribution in [1.82, 2.24) is 10.2 Å². The van der Waals surface area contributed by atoms with E-state index in [9.17, 15) is 14.7 Å². The van der Waals surface area contributed by atoms with Crippen LogP contribution in [0.3, 0.4) is 0 Å². The van der Waals surface area contributed by atoms with Gasteiger partial charge in [0, 0.05) is 12.6 Å². The Hall–Kier alpha value is -2.37. The summed E-state index contributed by atoms with van der Waals surface area (Å²) in [6, 6.07) is 15.8. The molecule has 148 valence electrons. The van der Waals surface area contributed by atoms with Crippen molar-refractivity contribution in [2.24, 2.45) is 0 Å². The van der Waals surface area contributed by atoms with Gasteiger partial charge in [-0.25, -0.2) is 0 Å². The smallest absolute Gasteiger partial charge is 0.253 e. The minimum atomic E-state index is -0.462. The van der Waals surface area contributed by atoms with E-state index in [2.05, 4.69) is 5.32 Å². The Bertz CT molecular complexity index is 828. The topological polar surface area (TPSA) is 69.6 Å². The molecule has 1 aliphatic heterocycles. The second kappa shape index (κ2) is 9.22. The molecular formula is C22H25ClN2O3. The number of hydrogen-bond donors (Lipinski definition) is 2. The third-order valence-electron chi connectivity index (χ3n) is 5.17. The molecule has 1 aliphatic rings. The molecule has 0 saturated carbocycles. The van der Waals surface area contributed by atoms with E-state index in [4.69, 9.17) is 11.6 Å². The van der Waals surface area contributed by atoms with Crippen molar-refractivity contribution in [3.63, 3.8) is 0 Å². The largest absolute Gasteiger partial charge is 0.393 e. The van der Waals surface area contributed by atoms with Gasteiger partial charge in [-0.1, -0.05) is 54.1 Å². The van der Waals surface area contributed by atoms with Gasteiger partial charge in [0.1, 0.15) is 0 Å². The van der Waals surface area contributed by atoms with E-state index < -0.39 is 6.04 Å². The number of halogens is 1. The highest BCUT2D eigenvalue weighted by molar-refractivity contribution is 6.33. The number of rotatable bonds is 5. The van der Waals surface area contributed by atoms with E-state index in [1.165, 1.54) is 0 Å². The number of aliphatic hydroxyl groups is 1. The SMILES string of the molecule is C[C@@H]1C[C@@H](O)CCN1C(=O)C[C@@H](NC(=O)c1ccccc1Cl)c1ccccc1. The first-order chi connectivity index (χ1) is 13.5. The van der Waals surface area contributed by atoms with E-state index >= 15 is 0 Å². The lowest BCUT2D eigenvalue weighted by atomic mass is 9.98. The second-order valence-electron chi connectivity index (χ2n) is 7.24. The van der Waals surface area contributed by atoms with Crippen molar-refractivity contribution in [3.05, 3.63) is 70.7 Å². The third-order valence-corrected chi connectivity index (χ3v) is 5.50. The molecule has 2 amide bonds. The maximum atomic E-state index is 13.0. The van der Waals surface area contributed by atoms with Crippen LogP contribution in [-0.2, 0) is 4.79 Å². The minimum Gasteiger partial charge on any atom is -0.393 e. The summed E-state index contributed by atoms with van der Waals surface area (Å²) in [6.45, 7) is 2.47. The molecule has 28 heavy (non-hydrogen) atoms. The van der Waals surface area contributed by atoms with Gasteiger partial charge in [0.15, 0.2) is 0 Å². The molecule has 1 saturated heterocycles. The Morgan fingerprint density at radius 2 is 1.86 bits per heavy atom. The number of nitrogens with one attached hydrogen (secondary N) is 1. The van der Waals surface area contributed by atoms with Gasteiger partial charge in [0.2, 0.25) is 5.91 Å². The molecule has 0 radical (unpaired) electrons. The van der Waals surface area contributed by atoms with Crippen molar-refractivity contribution in [1.29, 1.82) is 0 Å². The van der Waals surface area contributed by atoms with Crippen molar-refractivity contribution in [2.75, 3.05) is 6.54 Å². The molecule has 0 bridgehead atoms. The average Bonchev–Trinajstić information content (AvgIpc) is 2.68. The molecule has 0 aromatic heterocycles. The van der Waals surface area contributed by atoms with Crippen LogP contribution in [0.25, 0.3) is 0 Å². The summed E-state index contributed by atoms with van der Waals surface area (Å²) in [5.74, 6) is -0.345. The van der Waals surface area contributed by atoms with Crippen LogP contribution in [0.4, 0.5) is 0 Å². The molecule has 0 spiro atoms. The Morgan fingerprint density at radius 1 is 1.18 bits per heavy atom. The number of benzene rings is 2. The van der Waals surface area contributed by atoms with Crippen LogP contribution in [0, 0.1) is 0 Å². The molecule has 1 heterocycles. The van der Waals surface area contributed by atoms with Crippen LogP contribution >= 0.6 is 11.6 Å². The van der Waals surface area contributed by atoms with E-state index in [1.54, 1.807) is 29.2 Å². The van der Waals surface area contributed by atoms with Gasteiger partial charge < -0.3 is 15.3 Å². The maximum absolute atomic E-state index is 13.0. The number of carbonyl (C=O) groups is 2. The van der Waals surface area contributed by atoms with Crippen molar-refractivity contribution < 1.29 is 14.7 Å². The molecular weight excluding hydrogens is 376 g/mol. The Balaban J connectivity index is 1.77. The summed E-state index contributed by atoms with van der Waals surface area (Å²) in [7, 11) is 0. The van der Waals surface area contributed by atoms with Crippen molar-refractivity contribution in [3.8, 4) is 0 Å². The molecule has 2 aromatic rings. The highest BCUT2D eigenvalue weighted by Gasteiger charge is 2.30. The summed E-state index contributed by atoms with van der Waals surface area (Å²) >= 11 is 6.15. The fourth-order valence-corrected chi connectivity index (χ4v) is 3.85. The standard InChI is InChI=1S/C22H25ClN2O3/c1-15-13-17(26)11-12-25(15)21(27)14-20(16-7-3-2-4-8-16)24-22(28)18-9-5-6-10-19(18)23/h2-10,15,17,20,26H,11-14H2,1H3,(H,24,28)/t15-,17+,20-/m1/s1. The lowest BCUT2D eigenvalue weighted by molar-refractivity contribution is -0.136. The number of carbonyl (C=O) groups excluding carboxylic acids is 2. The third kappa shape index (κ3) is 4.91. The van der Waals surface area contributed by atoms with Crippen LogP contribution in [0.5, 0.6) is 0 Å². The fourth-order valence-electron chi connectivity index (χ4n) is 3.63. The van der Waals surface area contributed by atoms with Crippen LogP contribution in [0.15, 0.2) is 54.6 Å².